The van der Waals surface area contributed by atoms with E-state index in [1.54, 1.807) is 19.5 Å². The molecular formula is C17H27N3O. The van der Waals surface area contributed by atoms with E-state index in [1.165, 1.54) is 38.5 Å². The number of ether oxygens (including phenoxy) is 1. The highest BCUT2D eigenvalue weighted by molar-refractivity contribution is 5.23. The zero-order valence-electron chi connectivity index (χ0n) is 13.2. The van der Waals surface area contributed by atoms with Gasteiger partial charge in [-0.15, -0.1) is 0 Å². The molecule has 21 heavy (non-hydrogen) atoms. The number of methoxy groups -OCH3 is 1. The van der Waals surface area contributed by atoms with Gasteiger partial charge in [0, 0.05) is 24.4 Å². The van der Waals surface area contributed by atoms with Crippen LogP contribution in [0.25, 0.3) is 0 Å². The van der Waals surface area contributed by atoms with Crippen LogP contribution in [0, 0.1) is 11.8 Å². The minimum atomic E-state index is 0.485. The number of hydrogen-bond acceptors (Lipinski definition) is 4. The van der Waals surface area contributed by atoms with Gasteiger partial charge >= 0.3 is 0 Å². The third-order valence-corrected chi connectivity index (χ3v) is 5.16. The lowest BCUT2D eigenvalue weighted by Crippen LogP contribution is -2.33. The molecule has 0 bridgehead atoms. The van der Waals surface area contributed by atoms with Gasteiger partial charge in [-0.2, -0.15) is 0 Å². The Morgan fingerprint density at radius 1 is 1.19 bits per heavy atom. The minimum Gasteiger partial charge on any atom is -0.480 e. The van der Waals surface area contributed by atoms with Crippen molar-refractivity contribution in [1.82, 2.24) is 15.3 Å². The fraction of sp³-hybridized carbons (Fsp3) is 0.765. The molecule has 0 amide bonds. The van der Waals surface area contributed by atoms with Gasteiger partial charge in [-0.25, -0.2) is 4.98 Å². The van der Waals surface area contributed by atoms with Crippen LogP contribution in [0.1, 0.15) is 57.1 Å². The molecular weight excluding hydrogens is 262 g/mol. The Labute approximate surface area is 127 Å². The quantitative estimate of drug-likeness (QED) is 0.874. The van der Waals surface area contributed by atoms with Gasteiger partial charge in [-0.3, -0.25) is 4.98 Å². The molecule has 4 heteroatoms. The van der Waals surface area contributed by atoms with Crippen molar-refractivity contribution in [1.29, 1.82) is 0 Å². The van der Waals surface area contributed by atoms with Gasteiger partial charge in [-0.05, 0) is 44.1 Å². The lowest BCUT2D eigenvalue weighted by atomic mass is 9.71. The smallest absolute Gasteiger partial charge is 0.235 e. The second-order valence-corrected chi connectivity index (χ2v) is 6.59. The van der Waals surface area contributed by atoms with E-state index >= 15 is 0 Å². The van der Waals surface area contributed by atoms with Crippen LogP contribution in [-0.2, 0) is 0 Å². The third kappa shape index (κ3) is 3.54. The topological polar surface area (TPSA) is 47.0 Å². The molecule has 2 saturated carbocycles. The Morgan fingerprint density at radius 2 is 2.00 bits per heavy atom. The number of aromatic nitrogens is 2. The number of nitrogens with zero attached hydrogens (tertiary/aromatic N) is 2. The molecule has 2 fully saturated rings. The van der Waals surface area contributed by atoms with Crippen molar-refractivity contribution in [2.24, 2.45) is 11.8 Å². The van der Waals surface area contributed by atoms with Gasteiger partial charge in [0.2, 0.25) is 5.88 Å². The normalized spacial score (nSPS) is 29.3. The van der Waals surface area contributed by atoms with Crippen LogP contribution in [0.2, 0.25) is 0 Å². The molecule has 0 aromatic carbocycles. The molecule has 2 aliphatic carbocycles. The van der Waals surface area contributed by atoms with Crippen LogP contribution < -0.4 is 10.1 Å². The molecule has 4 nitrogen and oxygen atoms in total. The Bertz CT molecular complexity index is 461. The first kappa shape index (κ1) is 14.8. The maximum atomic E-state index is 5.46. The number of rotatable bonds is 6. The van der Waals surface area contributed by atoms with Crippen molar-refractivity contribution < 1.29 is 4.74 Å². The Balaban J connectivity index is 1.77. The zero-order chi connectivity index (χ0) is 14.7. The summed E-state index contributed by atoms with van der Waals surface area (Å²) in [6.45, 7) is 3.42. The summed E-state index contributed by atoms with van der Waals surface area (Å²) in [6.07, 6.45) is 11.4. The summed E-state index contributed by atoms with van der Waals surface area (Å²) in [5, 5.41) is 3.71. The van der Waals surface area contributed by atoms with Crippen molar-refractivity contribution in [3.8, 4) is 5.88 Å². The SMILES string of the molecule is CCC1CCC(CNC2CC2)C(c2nccnc2OC)C1. The fourth-order valence-corrected chi connectivity index (χ4v) is 3.62. The van der Waals surface area contributed by atoms with Crippen molar-refractivity contribution in [2.75, 3.05) is 13.7 Å². The van der Waals surface area contributed by atoms with Crippen molar-refractivity contribution >= 4 is 0 Å². The predicted molar refractivity (Wildman–Crippen MR) is 83.5 cm³/mol. The summed E-state index contributed by atoms with van der Waals surface area (Å²) in [4.78, 5) is 8.98. The van der Waals surface area contributed by atoms with Gasteiger partial charge in [0.1, 0.15) is 5.69 Å². The zero-order valence-corrected chi connectivity index (χ0v) is 13.2. The molecule has 3 atom stereocenters. The van der Waals surface area contributed by atoms with E-state index in [-0.39, 0.29) is 0 Å². The van der Waals surface area contributed by atoms with Gasteiger partial charge in [-0.1, -0.05) is 19.8 Å². The maximum absolute atomic E-state index is 5.46. The van der Waals surface area contributed by atoms with Crippen LogP contribution in [0.15, 0.2) is 12.4 Å². The standard InChI is InChI=1S/C17H27N3O/c1-3-12-4-5-13(11-20-14-6-7-14)15(10-12)16-17(21-2)19-9-8-18-16/h8-9,12-15,20H,3-7,10-11H2,1-2H3. The summed E-state index contributed by atoms with van der Waals surface area (Å²) in [6, 6.07) is 0.776. The van der Waals surface area contributed by atoms with E-state index < -0.39 is 0 Å². The highest BCUT2D eigenvalue weighted by Crippen LogP contribution is 2.43. The van der Waals surface area contributed by atoms with Crippen molar-refractivity contribution in [3.05, 3.63) is 18.1 Å². The number of nitrogens with one attached hydrogen (secondary N) is 1. The monoisotopic (exact) mass is 289 g/mol. The van der Waals surface area contributed by atoms with E-state index in [1.807, 2.05) is 0 Å². The average molecular weight is 289 g/mol. The predicted octanol–water partition coefficient (Wildman–Crippen LogP) is 3.15. The van der Waals surface area contributed by atoms with Gasteiger partial charge < -0.3 is 10.1 Å². The van der Waals surface area contributed by atoms with Crippen LogP contribution in [-0.4, -0.2) is 29.7 Å². The Hall–Kier alpha value is -1.16. The lowest BCUT2D eigenvalue weighted by Gasteiger charge is -2.36. The molecule has 2 aliphatic rings. The third-order valence-electron chi connectivity index (χ3n) is 5.16. The van der Waals surface area contributed by atoms with Crippen LogP contribution in [0.3, 0.4) is 0 Å². The molecule has 0 radical (unpaired) electrons. The van der Waals surface area contributed by atoms with E-state index in [4.69, 9.17) is 4.74 Å². The average Bonchev–Trinajstić information content (AvgIpc) is 3.37. The molecule has 0 spiro atoms. The molecule has 116 valence electrons. The second kappa shape index (κ2) is 6.73. The molecule has 0 saturated heterocycles. The summed E-state index contributed by atoms with van der Waals surface area (Å²) in [5.41, 5.74) is 1.07. The lowest BCUT2D eigenvalue weighted by molar-refractivity contribution is 0.217. The van der Waals surface area contributed by atoms with Crippen molar-refractivity contribution in [3.63, 3.8) is 0 Å². The van der Waals surface area contributed by atoms with Crippen LogP contribution in [0.4, 0.5) is 0 Å². The van der Waals surface area contributed by atoms with E-state index in [9.17, 15) is 0 Å². The summed E-state index contributed by atoms with van der Waals surface area (Å²) in [5.74, 6) is 2.69. The van der Waals surface area contributed by atoms with E-state index in [2.05, 4.69) is 22.2 Å². The first-order valence-corrected chi connectivity index (χ1v) is 8.40. The van der Waals surface area contributed by atoms with Gasteiger partial charge in [0.05, 0.1) is 7.11 Å². The first-order valence-electron chi connectivity index (χ1n) is 8.40. The highest BCUT2D eigenvalue weighted by atomic mass is 16.5. The Morgan fingerprint density at radius 3 is 2.71 bits per heavy atom. The van der Waals surface area contributed by atoms with Crippen molar-refractivity contribution in [2.45, 2.75) is 57.4 Å². The van der Waals surface area contributed by atoms with Gasteiger partial charge in [0.15, 0.2) is 0 Å². The Kier molecular flexibility index (Phi) is 4.73. The summed E-state index contributed by atoms with van der Waals surface area (Å²) < 4.78 is 5.46. The van der Waals surface area contributed by atoms with Crippen LogP contribution in [0.5, 0.6) is 5.88 Å². The minimum absolute atomic E-state index is 0.485. The highest BCUT2D eigenvalue weighted by Gasteiger charge is 2.34. The molecule has 1 aromatic rings. The molecule has 1 aromatic heterocycles. The fourth-order valence-electron chi connectivity index (χ4n) is 3.62. The van der Waals surface area contributed by atoms with E-state index in [0.717, 1.165) is 30.1 Å². The summed E-state index contributed by atoms with van der Waals surface area (Å²) in [7, 11) is 1.70. The summed E-state index contributed by atoms with van der Waals surface area (Å²) >= 11 is 0. The largest absolute Gasteiger partial charge is 0.480 e. The molecule has 1 N–H and O–H groups in total. The maximum Gasteiger partial charge on any atom is 0.235 e. The molecule has 3 unspecified atom stereocenters. The second-order valence-electron chi connectivity index (χ2n) is 6.59. The van der Waals surface area contributed by atoms with Crippen LogP contribution >= 0.6 is 0 Å². The van der Waals surface area contributed by atoms with E-state index in [0.29, 0.717) is 11.8 Å². The molecule has 0 aliphatic heterocycles. The number of hydrogen-bond donors (Lipinski definition) is 1. The molecule has 1 heterocycles. The van der Waals surface area contributed by atoms with Gasteiger partial charge in [0.25, 0.3) is 0 Å². The molecule has 3 rings (SSSR count). The first-order chi connectivity index (χ1) is 10.3.